The van der Waals surface area contributed by atoms with E-state index in [1.807, 2.05) is 38.1 Å². The Bertz CT molecular complexity index is 573. The van der Waals surface area contributed by atoms with E-state index in [0.717, 1.165) is 5.56 Å². The number of nitrogens with zero attached hydrogens (tertiary/aromatic N) is 2. The van der Waals surface area contributed by atoms with Crippen LogP contribution in [0.1, 0.15) is 25.3 Å². The third-order valence-corrected chi connectivity index (χ3v) is 2.95. The summed E-state index contributed by atoms with van der Waals surface area (Å²) in [5, 5.41) is 0.412. The van der Waals surface area contributed by atoms with Crippen LogP contribution in [0.5, 0.6) is 17.4 Å². The van der Waals surface area contributed by atoms with Crippen LogP contribution in [0.15, 0.2) is 30.6 Å². The van der Waals surface area contributed by atoms with Crippen molar-refractivity contribution in [2.45, 2.75) is 19.8 Å². The van der Waals surface area contributed by atoms with Gasteiger partial charge in [0, 0.05) is 0 Å². The predicted molar refractivity (Wildman–Crippen MR) is 74.2 cm³/mol. The van der Waals surface area contributed by atoms with Crippen molar-refractivity contribution < 1.29 is 9.47 Å². The first-order valence-corrected chi connectivity index (χ1v) is 6.32. The Balaban J connectivity index is 2.41. The second kappa shape index (κ2) is 5.89. The summed E-state index contributed by atoms with van der Waals surface area (Å²) >= 11 is 6.10. The Labute approximate surface area is 117 Å². The number of hydrogen-bond donors (Lipinski definition) is 0. The summed E-state index contributed by atoms with van der Waals surface area (Å²) in [4.78, 5) is 8.15. The molecule has 0 aliphatic rings. The van der Waals surface area contributed by atoms with Gasteiger partial charge in [0.15, 0.2) is 11.5 Å². The first-order valence-electron chi connectivity index (χ1n) is 5.94. The molecule has 2 rings (SSSR count). The molecule has 2 aromatic rings. The number of rotatable bonds is 4. The second-order valence-corrected chi connectivity index (χ2v) is 4.65. The molecule has 0 aliphatic heterocycles. The largest absolute Gasteiger partial charge is 0.493 e. The van der Waals surface area contributed by atoms with Gasteiger partial charge in [0.2, 0.25) is 5.88 Å². The highest BCUT2D eigenvalue weighted by molar-refractivity contribution is 6.30. The first-order chi connectivity index (χ1) is 9.13. The lowest BCUT2D eigenvalue weighted by molar-refractivity contribution is 0.371. The van der Waals surface area contributed by atoms with Crippen molar-refractivity contribution in [3.05, 3.63) is 41.3 Å². The molecule has 4 nitrogen and oxygen atoms in total. The van der Waals surface area contributed by atoms with Crippen molar-refractivity contribution in [1.29, 1.82) is 0 Å². The van der Waals surface area contributed by atoms with Crippen molar-refractivity contribution in [2.24, 2.45) is 0 Å². The van der Waals surface area contributed by atoms with Gasteiger partial charge in [-0.3, -0.25) is 0 Å². The molecule has 19 heavy (non-hydrogen) atoms. The normalized spacial score (nSPS) is 10.6. The molecule has 0 atom stereocenters. The average molecular weight is 279 g/mol. The maximum Gasteiger partial charge on any atom is 0.227 e. The van der Waals surface area contributed by atoms with E-state index in [-0.39, 0.29) is 5.92 Å². The van der Waals surface area contributed by atoms with Gasteiger partial charge in [-0.1, -0.05) is 37.6 Å². The molecule has 0 saturated carbocycles. The molecule has 0 N–H and O–H groups in total. The van der Waals surface area contributed by atoms with Crippen LogP contribution in [0.3, 0.4) is 0 Å². The molecule has 0 aliphatic carbocycles. The lowest BCUT2D eigenvalue weighted by Gasteiger charge is -2.14. The van der Waals surface area contributed by atoms with Crippen molar-refractivity contribution in [2.75, 3.05) is 7.11 Å². The summed E-state index contributed by atoms with van der Waals surface area (Å²) in [5.41, 5.74) is 0.787. The maximum absolute atomic E-state index is 6.10. The Morgan fingerprint density at radius 1 is 1.11 bits per heavy atom. The molecule has 0 spiro atoms. The molecular formula is C14H15ClN2O2. The fraction of sp³-hybridized carbons (Fsp3) is 0.286. The van der Waals surface area contributed by atoms with Crippen LogP contribution in [0.2, 0.25) is 5.15 Å². The summed E-state index contributed by atoms with van der Waals surface area (Å²) in [6, 6.07) is 7.39. The third kappa shape index (κ3) is 2.96. The summed E-state index contributed by atoms with van der Waals surface area (Å²) in [5.74, 6) is 1.87. The van der Waals surface area contributed by atoms with Crippen LogP contribution in [0.25, 0.3) is 0 Å². The molecule has 1 heterocycles. The van der Waals surface area contributed by atoms with E-state index in [1.54, 1.807) is 7.11 Å². The van der Waals surface area contributed by atoms with Crippen molar-refractivity contribution >= 4 is 11.6 Å². The predicted octanol–water partition coefficient (Wildman–Crippen LogP) is 4.05. The number of halogens is 1. The van der Waals surface area contributed by atoms with Crippen LogP contribution in [-0.4, -0.2) is 17.1 Å². The van der Waals surface area contributed by atoms with Gasteiger partial charge >= 0.3 is 0 Å². The number of aromatic nitrogens is 2. The standard InChI is InChI=1S/C14H15ClN2O2/c1-9(2)12-13(15)16-8-17-14(12)19-11-7-5-4-6-10(11)18-3/h4-9H,1-3H3. The van der Waals surface area contributed by atoms with Gasteiger partial charge in [0.1, 0.15) is 11.5 Å². The lowest BCUT2D eigenvalue weighted by Crippen LogP contribution is -2.00. The molecule has 0 radical (unpaired) electrons. The molecule has 0 fully saturated rings. The smallest absolute Gasteiger partial charge is 0.227 e. The number of methoxy groups -OCH3 is 1. The van der Waals surface area contributed by atoms with E-state index in [4.69, 9.17) is 21.1 Å². The Hall–Kier alpha value is -1.81. The number of ether oxygens (including phenoxy) is 2. The summed E-state index contributed by atoms with van der Waals surface area (Å²) < 4.78 is 11.1. The van der Waals surface area contributed by atoms with Gasteiger partial charge in [-0.05, 0) is 18.1 Å². The molecule has 1 aromatic heterocycles. The first kappa shape index (κ1) is 13.6. The van der Waals surface area contributed by atoms with Crippen molar-refractivity contribution in [1.82, 2.24) is 9.97 Å². The number of para-hydroxylation sites is 2. The van der Waals surface area contributed by atoms with E-state index in [1.165, 1.54) is 6.33 Å². The van der Waals surface area contributed by atoms with Gasteiger partial charge in [-0.2, -0.15) is 0 Å². The highest BCUT2D eigenvalue weighted by Crippen LogP contribution is 2.35. The van der Waals surface area contributed by atoms with E-state index >= 15 is 0 Å². The van der Waals surface area contributed by atoms with E-state index < -0.39 is 0 Å². The minimum Gasteiger partial charge on any atom is -0.493 e. The molecule has 1 aromatic carbocycles. The Morgan fingerprint density at radius 3 is 2.42 bits per heavy atom. The van der Waals surface area contributed by atoms with Crippen LogP contribution >= 0.6 is 11.6 Å². The molecule has 0 saturated heterocycles. The van der Waals surface area contributed by atoms with Gasteiger partial charge in [-0.25, -0.2) is 9.97 Å². The van der Waals surface area contributed by atoms with Gasteiger partial charge in [0.05, 0.1) is 12.7 Å². The SMILES string of the molecule is COc1ccccc1Oc1ncnc(Cl)c1C(C)C. The molecular weight excluding hydrogens is 264 g/mol. The van der Waals surface area contributed by atoms with E-state index in [9.17, 15) is 0 Å². The second-order valence-electron chi connectivity index (χ2n) is 4.29. The fourth-order valence-corrected chi connectivity index (χ4v) is 2.08. The lowest BCUT2D eigenvalue weighted by atomic mass is 10.1. The monoisotopic (exact) mass is 278 g/mol. The van der Waals surface area contributed by atoms with Crippen LogP contribution in [0, 0.1) is 0 Å². The number of benzene rings is 1. The zero-order valence-corrected chi connectivity index (χ0v) is 11.8. The zero-order valence-electron chi connectivity index (χ0n) is 11.1. The van der Waals surface area contributed by atoms with Crippen LogP contribution in [0.4, 0.5) is 0 Å². The topological polar surface area (TPSA) is 44.2 Å². The average Bonchev–Trinajstić information content (AvgIpc) is 2.39. The third-order valence-electron chi connectivity index (χ3n) is 2.65. The minimum absolute atomic E-state index is 0.165. The molecule has 5 heteroatoms. The quantitative estimate of drug-likeness (QED) is 0.791. The Kier molecular flexibility index (Phi) is 4.22. The van der Waals surface area contributed by atoms with Crippen molar-refractivity contribution in [3.8, 4) is 17.4 Å². The summed E-state index contributed by atoms with van der Waals surface area (Å²) in [6.07, 6.45) is 1.39. The molecule has 0 bridgehead atoms. The zero-order chi connectivity index (χ0) is 13.8. The van der Waals surface area contributed by atoms with E-state index in [0.29, 0.717) is 22.5 Å². The highest BCUT2D eigenvalue weighted by atomic mass is 35.5. The number of hydrogen-bond acceptors (Lipinski definition) is 4. The van der Waals surface area contributed by atoms with Gasteiger partial charge in [0.25, 0.3) is 0 Å². The molecule has 0 unspecified atom stereocenters. The summed E-state index contributed by atoms with van der Waals surface area (Å²) in [6.45, 7) is 4.03. The maximum atomic E-state index is 6.10. The van der Waals surface area contributed by atoms with Crippen molar-refractivity contribution in [3.63, 3.8) is 0 Å². The fourth-order valence-electron chi connectivity index (χ4n) is 1.73. The minimum atomic E-state index is 0.165. The van der Waals surface area contributed by atoms with E-state index in [2.05, 4.69) is 9.97 Å². The molecule has 100 valence electrons. The highest BCUT2D eigenvalue weighted by Gasteiger charge is 2.16. The molecule has 0 amide bonds. The van der Waals surface area contributed by atoms with Gasteiger partial charge in [-0.15, -0.1) is 0 Å². The Morgan fingerprint density at radius 2 is 1.79 bits per heavy atom. The van der Waals surface area contributed by atoms with Crippen LogP contribution in [-0.2, 0) is 0 Å². The van der Waals surface area contributed by atoms with Gasteiger partial charge < -0.3 is 9.47 Å². The van der Waals surface area contributed by atoms with Crippen LogP contribution < -0.4 is 9.47 Å². The summed E-state index contributed by atoms with van der Waals surface area (Å²) in [7, 11) is 1.60.